The lowest BCUT2D eigenvalue weighted by Gasteiger charge is -2.07. The first-order valence-corrected chi connectivity index (χ1v) is 6.59. The predicted octanol–water partition coefficient (Wildman–Crippen LogP) is 4.60. The fourth-order valence-electron chi connectivity index (χ4n) is 2.17. The Bertz CT molecular complexity index is 793. The molecule has 108 valence electrons. The fourth-order valence-corrected chi connectivity index (χ4v) is 2.34. The van der Waals surface area contributed by atoms with E-state index in [2.05, 4.69) is 4.98 Å². The lowest BCUT2D eigenvalue weighted by Crippen LogP contribution is -2.05. The molecule has 0 saturated heterocycles. The molecular formula is C15H10ClF3N2. The molecule has 0 amide bonds. The van der Waals surface area contributed by atoms with Gasteiger partial charge in [-0.15, -0.1) is 0 Å². The molecule has 2 nitrogen and oxygen atoms in total. The molecule has 2 heterocycles. The molecule has 0 radical (unpaired) electrons. The number of aromatic nitrogens is 2. The summed E-state index contributed by atoms with van der Waals surface area (Å²) < 4.78 is 39.8. The van der Waals surface area contributed by atoms with Crippen LogP contribution in [0.3, 0.4) is 0 Å². The monoisotopic (exact) mass is 310 g/mol. The van der Waals surface area contributed by atoms with E-state index in [1.165, 1.54) is 6.07 Å². The first-order chi connectivity index (χ1) is 9.91. The summed E-state index contributed by atoms with van der Waals surface area (Å²) >= 11 is 5.89. The second-order valence-electron chi connectivity index (χ2n) is 4.72. The van der Waals surface area contributed by atoms with E-state index >= 15 is 0 Å². The Morgan fingerprint density at radius 2 is 1.90 bits per heavy atom. The standard InChI is InChI=1S/C15H10ClF3N2/c16-12-4-5-14-20-13(9-21(14)8-12)7-10-2-1-3-11(6-10)15(17,18)19/h1-6,8-9H,7H2. The summed E-state index contributed by atoms with van der Waals surface area (Å²) in [5.74, 6) is 0. The van der Waals surface area contributed by atoms with E-state index in [1.54, 1.807) is 35.0 Å². The summed E-state index contributed by atoms with van der Waals surface area (Å²) in [5, 5.41) is 0.575. The molecule has 21 heavy (non-hydrogen) atoms. The van der Waals surface area contributed by atoms with Crippen LogP contribution in [0.15, 0.2) is 48.8 Å². The van der Waals surface area contributed by atoms with Crippen LogP contribution in [0.2, 0.25) is 5.02 Å². The van der Waals surface area contributed by atoms with Crippen molar-refractivity contribution in [1.29, 1.82) is 0 Å². The van der Waals surface area contributed by atoms with E-state index in [-0.39, 0.29) is 0 Å². The van der Waals surface area contributed by atoms with E-state index < -0.39 is 11.7 Å². The maximum Gasteiger partial charge on any atom is 0.416 e. The molecule has 6 heteroatoms. The highest BCUT2D eigenvalue weighted by molar-refractivity contribution is 6.30. The van der Waals surface area contributed by atoms with E-state index in [9.17, 15) is 13.2 Å². The molecule has 0 aliphatic heterocycles. The third kappa shape index (κ3) is 3.03. The van der Waals surface area contributed by atoms with Crippen LogP contribution in [-0.4, -0.2) is 9.38 Å². The first-order valence-electron chi connectivity index (χ1n) is 6.21. The minimum atomic E-state index is -4.33. The van der Waals surface area contributed by atoms with Gasteiger partial charge in [0.15, 0.2) is 0 Å². The molecule has 0 bridgehead atoms. The van der Waals surface area contributed by atoms with Crippen molar-refractivity contribution in [2.24, 2.45) is 0 Å². The number of alkyl halides is 3. The number of fused-ring (bicyclic) bond motifs is 1. The number of halogens is 4. The van der Waals surface area contributed by atoms with Crippen LogP contribution in [0.25, 0.3) is 5.65 Å². The van der Waals surface area contributed by atoms with Crippen LogP contribution in [0.1, 0.15) is 16.8 Å². The minimum Gasteiger partial charge on any atom is -0.305 e. The summed E-state index contributed by atoms with van der Waals surface area (Å²) in [6.07, 6.45) is -0.521. The maximum absolute atomic E-state index is 12.7. The number of nitrogens with zero attached hydrogens (tertiary/aromatic N) is 2. The third-order valence-electron chi connectivity index (χ3n) is 3.10. The zero-order valence-corrected chi connectivity index (χ0v) is 11.5. The molecule has 0 fully saturated rings. The van der Waals surface area contributed by atoms with Crippen molar-refractivity contribution in [3.63, 3.8) is 0 Å². The SMILES string of the molecule is FC(F)(F)c1cccc(Cc2cn3cc(Cl)ccc3n2)c1. The minimum absolute atomic E-state index is 0.337. The number of benzene rings is 1. The number of hydrogen-bond donors (Lipinski definition) is 0. The van der Waals surface area contributed by atoms with Crippen molar-refractivity contribution in [2.75, 3.05) is 0 Å². The Kier molecular flexibility index (Phi) is 3.37. The number of imidazole rings is 1. The van der Waals surface area contributed by atoms with E-state index in [0.717, 1.165) is 12.1 Å². The van der Waals surface area contributed by atoms with Gasteiger partial charge >= 0.3 is 6.18 Å². The van der Waals surface area contributed by atoms with Crippen molar-refractivity contribution < 1.29 is 13.2 Å². The number of rotatable bonds is 2. The summed E-state index contributed by atoms with van der Waals surface area (Å²) in [7, 11) is 0. The second-order valence-corrected chi connectivity index (χ2v) is 5.16. The zero-order valence-electron chi connectivity index (χ0n) is 10.7. The van der Waals surface area contributed by atoms with E-state index in [0.29, 0.717) is 28.3 Å². The molecular weight excluding hydrogens is 301 g/mol. The summed E-state index contributed by atoms with van der Waals surface area (Å²) in [6, 6.07) is 8.76. The molecule has 1 aromatic carbocycles. The highest BCUT2D eigenvalue weighted by Gasteiger charge is 2.30. The molecule has 3 aromatic rings. The highest BCUT2D eigenvalue weighted by Crippen LogP contribution is 2.30. The summed E-state index contributed by atoms with van der Waals surface area (Å²) in [4.78, 5) is 4.36. The molecule has 3 rings (SSSR count). The van der Waals surface area contributed by atoms with Crippen LogP contribution >= 0.6 is 11.6 Å². The summed E-state index contributed by atoms with van der Waals surface area (Å²) in [6.45, 7) is 0. The van der Waals surface area contributed by atoms with Crippen molar-refractivity contribution >= 4 is 17.2 Å². The second kappa shape index (κ2) is 5.07. The third-order valence-corrected chi connectivity index (χ3v) is 3.33. The number of hydrogen-bond acceptors (Lipinski definition) is 1. The Hall–Kier alpha value is -2.01. The van der Waals surface area contributed by atoms with Gasteiger partial charge in [0.25, 0.3) is 0 Å². The Balaban J connectivity index is 1.91. The van der Waals surface area contributed by atoms with Gasteiger partial charge in [-0.05, 0) is 23.8 Å². The maximum atomic E-state index is 12.7. The average Bonchev–Trinajstić information content (AvgIpc) is 2.79. The lowest BCUT2D eigenvalue weighted by atomic mass is 10.1. The van der Waals surface area contributed by atoms with Crippen molar-refractivity contribution in [3.8, 4) is 0 Å². The molecule has 0 spiro atoms. The average molecular weight is 311 g/mol. The molecule has 0 aliphatic rings. The zero-order chi connectivity index (χ0) is 15.0. The van der Waals surface area contributed by atoms with Crippen LogP contribution in [0.4, 0.5) is 13.2 Å². The van der Waals surface area contributed by atoms with E-state index in [4.69, 9.17) is 11.6 Å². The van der Waals surface area contributed by atoms with Crippen molar-refractivity contribution in [3.05, 3.63) is 70.6 Å². The smallest absolute Gasteiger partial charge is 0.305 e. The van der Waals surface area contributed by atoms with Gasteiger partial charge < -0.3 is 4.40 Å². The Morgan fingerprint density at radius 1 is 1.10 bits per heavy atom. The molecule has 0 unspecified atom stereocenters. The first kappa shape index (κ1) is 13.9. The Labute approximate surface area is 123 Å². The van der Waals surface area contributed by atoms with Crippen molar-refractivity contribution in [2.45, 2.75) is 12.6 Å². The van der Waals surface area contributed by atoms with Gasteiger partial charge in [0, 0.05) is 18.8 Å². The van der Waals surface area contributed by atoms with Crippen LogP contribution in [0, 0.1) is 0 Å². The topological polar surface area (TPSA) is 17.3 Å². The van der Waals surface area contributed by atoms with E-state index in [1.807, 2.05) is 0 Å². The van der Waals surface area contributed by atoms with Gasteiger partial charge in [0.2, 0.25) is 0 Å². The molecule has 0 N–H and O–H groups in total. The van der Waals surface area contributed by atoms with Gasteiger partial charge in [-0.2, -0.15) is 13.2 Å². The largest absolute Gasteiger partial charge is 0.416 e. The van der Waals surface area contributed by atoms with Gasteiger partial charge in [0.05, 0.1) is 16.3 Å². The van der Waals surface area contributed by atoms with Crippen LogP contribution in [0.5, 0.6) is 0 Å². The van der Waals surface area contributed by atoms with Crippen LogP contribution < -0.4 is 0 Å². The quantitative estimate of drug-likeness (QED) is 0.676. The van der Waals surface area contributed by atoms with Gasteiger partial charge in [0.1, 0.15) is 5.65 Å². The highest BCUT2D eigenvalue weighted by atomic mass is 35.5. The fraction of sp³-hybridized carbons (Fsp3) is 0.133. The van der Waals surface area contributed by atoms with Crippen molar-refractivity contribution in [1.82, 2.24) is 9.38 Å². The lowest BCUT2D eigenvalue weighted by molar-refractivity contribution is -0.137. The van der Waals surface area contributed by atoms with Crippen LogP contribution in [-0.2, 0) is 12.6 Å². The molecule has 0 aliphatic carbocycles. The number of pyridine rings is 1. The van der Waals surface area contributed by atoms with Gasteiger partial charge in [-0.1, -0.05) is 29.8 Å². The van der Waals surface area contributed by atoms with Gasteiger partial charge in [-0.25, -0.2) is 4.98 Å². The molecule has 2 aromatic heterocycles. The predicted molar refractivity (Wildman–Crippen MR) is 74.5 cm³/mol. The molecule has 0 atom stereocenters. The normalized spacial score (nSPS) is 12.0. The Morgan fingerprint density at radius 3 is 2.67 bits per heavy atom. The molecule has 0 saturated carbocycles. The van der Waals surface area contributed by atoms with Gasteiger partial charge in [-0.3, -0.25) is 0 Å². The summed E-state index contributed by atoms with van der Waals surface area (Å²) in [5.41, 5.74) is 1.32.